The standard InChI is InChI=1S/C52H34N4/c1-4-15-35(16-5-1)39-21-14-22-41(31-39)56-49-26-13-11-24-43(49)45-32-50-44(33-51(45)56)42-23-10-12-25-48(42)55(50)40-29-27-38(28-30-40)52-53-46(36-17-6-2-7-18-36)34-47(54-52)37-19-8-3-9-20-37/h1-34H. The molecule has 8 aromatic carbocycles. The fourth-order valence-corrected chi connectivity index (χ4v) is 8.29. The van der Waals surface area contributed by atoms with Gasteiger partial charge >= 0.3 is 0 Å². The summed E-state index contributed by atoms with van der Waals surface area (Å²) in [6.07, 6.45) is 0. The SMILES string of the molecule is c1ccc(-c2cccc(-n3c4ccccc4c4cc5c(cc43)c3ccccc3n5-c3ccc(-c4nc(-c5ccccc5)cc(-c5ccccc5)n4)cc3)c2)cc1. The zero-order valence-corrected chi connectivity index (χ0v) is 30.4. The van der Waals surface area contributed by atoms with Gasteiger partial charge in [-0.1, -0.05) is 140 Å². The second kappa shape index (κ2) is 13.1. The van der Waals surface area contributed by atoms with Crippen molar-refractivity contribution in [3.05, 3.63) is 206 Å². The molecule has 11 rings (SSSR count). The Morgan fingerprint density at radius 1 is 0.268 bits per heavy atom. The van der Waals surface area contributed by atoms with Gasteiger partial charge in [-0.15, -0.1) is 0 Å². The number of nitrogens with zero attached hydrogens (tertiary/aromatic N) is 4. The molecular formula is C52H34N4. The molecule has 0 fully saturated rings. The molecule has 0 spiro atoms. The molecule has 56 heavy (non-hydrogen) atoms. The lowest BCUT2D eigenvalue weighted by Gasteiger charge is -2.12. The average molecular weight is 715 g/mol. The highest BCUT2D eigenvalue weighted by Crippen LogP contribution is 2.40. The van der Waals surface area contributed by atoms with Gasteiger partial charge in [-0.3, -0.25) is 0 Å². The van der Waals surface area contributed by atoms with Crippen molar-refractivity contribution in [2.45, 2.75) is 0 Å². The lowest BCUT2D eigenvalue weighted by Crippen LogP contribution is -1.97. The van der Waals surface area contributed by atoms with Crippen LogP contribution in [0.2, 0.25) is 0 Å². The molecule has 0 atom stereocenters. The number of fused-ring (bicyclic) bond motifs is 6. The van der Waals surface area contributed by atoms with E-state index in [1.54, 1.807) is 0 Å². The van der Waals surface area contributed by atoms with Gasteiger partial charge in [-0.25, -0.2) is 9.97 Å². The summed E-state index contributed by atoms with van der Waals surface area (Å²) in [5, 5.41) is 4.88. The minimum atomic E-state index is 0.699. The van der Waals surface area contributed by atoms with Gasteiger partial charge in [0.25, 0.3) is 0 Å². The summed E-state index contributed by atoms with van der Waals surface area (Å²) in [5.41, 5.74) is 14.2. The number of benzene rings is 8. The van der Waals surface area contributed by atoms with Crippen LogP contribution in [0, 0.1) is 0 Å². The number of para-hydroxylation sites is 2. The highest BCUT2D eigenvalue weighted by atomic mass is 15.0. The predicted molar refractivity (Wildman–Crippen MR) is 232 cm³/mol. The van der Waals surface area contributed by atoms with E-state index in [2.05, 4.69) is 203 Å². The highest BCUT2D eigenvalue weighted by Gasteiger charge is 2.19. The zero-order valence-electron chi connectivity index (χ0n) is 30.4. The van der Waals surface area contributed by atoms with Crippen LogP contribution in [-0.2, 0) is 0 Å². The van der Waals surface area contributed by atoms with E-state index in [1.807, 2.05) is 12.1 Å². The van der Waals surface area contributed by atoms with E-state index in [9.17, 15) is 0 Å². The molecule has 0 aliphatic rings. The van der Waals surface area contributed by atoms with Crippen LogP contribution < -0.4 is 0 Å². The van der Waals surface area contributed by atoms with Crippen LogP contribution in [0.5, 0.6) is 0 Å². The quantitative estimate of drug-likeness (QED) is 0.172. The fraction of sp³-hybridized carbons (Fsp3) is 0. The summed E-state index contributed by atoms with van der Waals surface area (Å²) in [7, 11) is 0. The van der Waals surface area contributed by atoms with Crippen LogP contribution in [0.3, 0.4) is 0 Å². The van der Waals surface area contributed by atoms with Crippen LogP contribution in [0.4, 0.5) is 0 Å². The topological polar surface area (TPSA) is 35.6 Å². The second-order valence-electron chi connectivity index (χ2n) is 14.2. The van der Waals surface area contributed by atoms with Crippen molar-refractivity contribution >= 4 is 43.6 Å². The van der Waals surface area contributed by atoms with Gasteiger partial charge in [-0.2, -0.15) is 0 Å². The van der Waals surface area contributed by atoms with Gasteiger partial charge in [0, 0.05) is 49.6 Å². The minimum absolute atomic E-state index is 0.699. The molecule has 0 saturated carbocycles. The van der Waals surface area contributed by atoms with E-state index in [0.29, 0.717) is 5.82 Å². The van der Waals surface area contributed by atoms with E-state index >= 15 is 0 Å². The summed E-state index contributed by atoms with van der Waals surface area (Å²) >= 11 is 0. The van der Waals surface area contributed by atoms with Crippen LogP contribution >= 0.6 is 0 Å². The molecule has 0 bridgehead atoms. The Morgan fingerprint density at radius 3 is 1.29 bits per heavy atom. The summed E-state index contributed by atoms with van der Waals surface area (Å²) in [5.74, 6) is 0.699. The molecule has 3 aromatic heterocycles. The summed E-state index contributed by atoms with van der Waals surface area (Å²) in [6.45, 7) is 0. The third-order valence-electron chi connectivity index (χ3n) is 10.9. The molecule has 262 valence electrons. The number of aromatic nitrogens is 4. The normalized spacial score (nSPS) is 11.6. The molecule has 0 aliphatic heterocycles. The van der Waals surface area contributed by atoms with Crippen molar-refractivity contribution < 1.29 is 0 Å². The van der Waals surface area contributed by atoms with Gasteiger partial charge < -0.3 is 9.13 Å². The molecule has 11 aromatic rings. The molecule has 3 heterocycles. The molecule has 0 radical (unpaired) electrons. The Balaban J connectivity index is 1.08. The van der Waals surface area contributed by atoms with Crippen molar-refractivity contribution in [1.29, 1.82) is 0 Å². The third kappa shape index (κ3) is 5.31. The summed E-state index contributed by atoms with van der Waals surface area (Å²) in [4.78, 5) is 10.2. The van der Waals surface area contributed by atoms with Crippen molar-refractivity contribution in [2.75, 3.05) is 0 Å². The van der Waals surface area contributed by atoms with Crippen molar-refractivity contribution in [3.8, 4) is 56.4 Å². The molecule has 0 unspecified atom stereocenters. The number of hydrogen-bond donors (Lipinski definition) is 0. The Bertz CT molecular complexity index is 3160. The smallest absolute Gasteiger partial charge is 0.160 e. The summed E-state index contributed by atoms with van der Waals surface area (Å²) < 4.78 is 4.82. The molecule has 4 nitrogen and oxygen atoms in total. The Hall–Kier alpha value is -7.56. The average Bonchev–Trinajstić information content (AvgIpc) is 3.78. The first-order valence-corrected chi connectivity index (χ1v) is 19.0. The molecule has 0 saturated heterocycles. The van der Waals surface area contributed by atoms with E-state index in [-0.39, 0.29) is 0 Å². The van der Waals surface area contributed by atoms with Crippen molar-refractivity contribution in [2.24, 2.45) is 0 Å². The maximum Gasteiger partial charge on any atom is 0.160 e. The predicted octanol–water partition coefficient (Wildman–Crippen LogP) is 13.3. The monoisotopic (exact) mass is 714 g/mol. The molecule has 0 amide bonds. The molecule has 0 aliphatic carbocycles. The van der Waals surface area contributed by atoms with Crippen LogP contribution in [0.25, 0.3) is 100 Å². The highest BCUT2D eigenvalue weighted by molar-refractivity contribution is 6.19. The zero-order chi connectivity index (χ0) is 37.0. The fourth-order valence-electron chi connectivity index (χ4n) is 8.29. The van der Waals surface area contributed by atoms with Crippen LogP contribution in [0.15, 0.2) is 206 Å². The molecule has 4 heteroatoms. The number of rotatable bonds is 6. The largest absolute Gasteiger partial charge is 0.309 e. The Morgan fingerprint density at radius 2 is 0.732 bits per heavy atom. The van der Waals surface area contributed by atoms with Gasteiger partial charge in [0.1, 0.15) is 0 Å². The first-order chi connectivity index (χ1) is 27.8. The van der Waals surface area contributed by atoms with Crippen molar-refractivity contribution in [1.82, 2.24) is 19.1 Å². The lowest BCUT2D eigenvalue weighted by molar-refractivity contribution is 1.16. The van der Waals surface area contributed by atoms with E-state index in [1.165, 1.54) is 54.7 Å². The first kappa shape index (κ1) is 31.9. The maximum absolute atomic E-state index is 5.08. The Labute approximate surface area is 324 Å². The van der Waals surface area contributed by atoms with Gasteiger partial charge in [0.2, 0.25) is 0 Å². The van der Waals surface area contributed by atoms with Crippen LogP contribution in [-0.4, -0.2) is 19.1 Å². The summed E-state index contributed by atoms with van der Waals surface area (Å²) in [6, 6.07) is 73.2. The van der Waals surface area contributed by atoms with Crippen molar-refractivity contribution in [3.63, 3.8) is 0 Å². The van der Waals surface area contributed by atoms with E-state index < -0.39 is 0 Å². The minimum Gasteiger partial charge on any atom is -0.309 e. The first-order valence-electron chi connectivity index (χ1n) is 19.0. The second-order valence-corrected chi connectivity index (χ2v) is 14.2. The van der Waals surface area contributed by atoms with E-state index in [0.717, 1.165) is 39.5 Å². The van der Waals surface area contributed by atoms with Gasteiger partial charge in [-0.05, 0) is 77.9 Å². The third-order valence-corrected chi connectivity index (χ3v) is 10.9. The maximum atomic E-state index is 5.08. The van der Waals surface area contributed by atoms with E-state index in [4.69, 9.17) is 9.97 Å². The molecule has 0 N–H and O–H groups in total. The van der Waals surface area contributed by atoms with Crippen LogP contribution in [0.1, 0.15) is 0 Å². The number of hydrogen-bond acceptors (Lipinski definition) is 2. The lowest BCUT2D eigenvalue weighted by atomic mass is 10.1. The van der Waals surface area contributed by atoms with Gasteiger partial charge in [0.05, 0.1) is 33.5 Å². The van der Waals surface area contributed by atoms with Gasteiger partial charge in [0.15, 0.2) is 5.82 Å². The molecular weight excluding hydrogens is 681 g/mol. The Kier molecular flexibility index (Phi) is 7.46.